The van der Waals surface area contributed by atoms with E-state index in [2.05, 4.69) is 19.2 Å². The number of allylic oxidation sites excluding steroid dienone is 1. The van der Waals surface area contributed by atoms with Crippen molar-refractivity contribution in [2.75, 3.05) is 13.2 Å². The smallest absolute Gasteiger partial charge is 0.305 e. The quantitative estimate of drug-likeness (QED) is 0.0321. The molecule has 0 fully saturated rings. The van der Waals surface area contributed by atoms with Gasteiger partial charge in [-0.05, 0) is 32.1 Å². The maximum atomic E-state index is 12.4. The van der Waals surface area contributed by atoms with E-state index in [0.717, 1.165) is 38.5 Å². The minimum absolute atomic E-state index is 0.0151. The number of hydrogen-bond donors (Lipinski definition) is 3. The number of rotatable bonds is 53. The molecule has 0 aromatic carbocycles. The van der Waals surface area contributed by atoms with Crippen LogP contribution in [-0.2, 0) is 14.3 Å². The zero-order valence-corrected chi connectivity index (χ0v) is 42.6. The monoisotopic (exact) mass is 890 g/mol. The molecule has 0 spiro atoms. The Morgan fingerprint density at radius 3 is 1.08 bits per heavy atom. The molecular formula is C57H111NO5. The molecule has 0 bridgehead atoms. The van der Waals surface area contributed by atoms with Gasteiger partial charge >= 0.3 is 5.97 Å². The number of carbonyl (C=O) groups is 2. The van der Waals surface area contributed by atoms with E-state index in [4.69, 9.17) is 4.74 Å². The highest BCUT2D eigenvalue weighted by atomic mass is 16.5. The third-order valence-corrected chi connectivity index (χ3v) is 13.3. The average Bonchev–Trinajstić information content (AvgIpc) is 3.28. The molecule has 1 amide bonds. The normalized spacial score (nSPS) is 12.6. The van der Waals surface area contributed by atoms with E-state index in [9.17, 15) is 19.8 Å². The van der Waals surface area contributed by atoms with Crippen LogP contribution >= 0.6 is 0 Å². The van der Waals surface area contributed by atoms with Crippen LogP contribution in [0.1, 0.15) is 316 Å². The molecular weight excluding hydrogens is 779 g/mol. The second-order valence-corrected chi connectivity index (χ2v) is 19.6. The van der Waals surface area contributed by atoms with E-state index in [1.54, 1.807) is 6.08 Å². The van der Waals surface area contributed by atoms with E-state index < -0.39 is 12.1 Å². The predicted molar refractivity (Wildman–Crippen MR) is 273 cm³/mol. The van der Waals surface area contributed by atoms with E-state index in [-0.39, 0.29) is 18.5 Å². The highest BCUT2D eigenvalue weighted by molar-refractivity contribution is 5.76. The Hall–Kier alpha value is -1.40. The number of carbonyl (C=O) groups excluding carboxylic acids is 2. The molecule has 0 aliphatic carbocycles. The summed E-state index contributed by atoms with van der Waals surface area (Å²) in [6.07, 6.45) is 62.4. The van der Waals surface area contributed by atoms with Gasteiger partial charge < -0.3 is 20.3 Å². The Morgan fingerprint density at radius 1 is 0.429 bits per heavy atom. The molecule has 0 radical (unpaired) electrons. The molecule has 374 valence electrons. The second kappa shape index (κ2) is 53.2. The minimum atomic E-state index is -0.841. The van der Waals surface area contributed by atoms with Crippen molar-refractivity contribution >= 4 is 11.9 Å². The third-order valence-electron chi connectivity index (χ3n) is 13.3. The summed E-state index contributed by atoms with van der Waals surface area (Å²) in [6, 6.07) is -0.625. The summed E-state index contributed by atoms with van der Waals surface area (Å²) in [5.74, 6) is -0.0539. The Morgan fingerprint density at radius 2 is 0.730 bits per heavy atom. The molecule has 0 saturated carbocycles. The summed E-state index contributed by atoms with van der Waals surface area (Å²) in [4.78, 5) is 24.4. The van der Waals surface area contributed by atoms with Gasteiger partial charge in [-0.25, -0.2) is 0 Å². The molecule has 0 rings (SSSR count). The van der Waals surface area contributed by atoms with Crippen molar-refractivity contribution in [1.82, 2.24) is 5.32 Å². The Balaban J connectivity index is 3.35. The number of esters is 1. The van der Waals surface area contributed by atoms with Gasteiger partial charge in [-0.2, -0.15) is 0 Å². The summed E-state index contributed by atoms with van der Waals surface area (Å²) in [5.41, 5.74) is 0. The van der Waals surface area contributed by atoms with Gasteiger partial charge in [-0.15, -0.1) is 0 Å². The van der Waals surface area contributed by atoms with Gasteiger partial charge in [0.25, 0.3) is 0 Å². The van der Waals surface area contributed by atoms with Crippen molar-refractivity contribution < 1.29 is 24.5 Å². The number of aliphatic hydroxyl groups excluding tert-OH is 2. The largest absolute Gasteiger partial charge is 0.466 e. The first-order valence-electron chi connectivity index (χ1n) is 28.5. The van der Waals surface area contributed by atoms with E-state index in [1.165, 1.54) is 250 Å². The Labute approximate surface area is 393 Å². The molecule has 0 aliphatic heterocycles. The molecule has 6 nitrogen and oxygen atoms in total. The summed E-state index contributed by atoms with van der Waals surface area (Å²) in [5, 5.41) is 23.0. The summed E-state index contributed by atoms with van der Waals surface area (Å²) in [7, 11) is 0. The molecule has 63 heavy (non-hydrogen) atoms. The van der Waals surface area contributed by atoms with Crippen LogP contribution in [0, 0.1) is 0 Å². The van der Waals surface area contributed by atoms with Crippen molar-refractivity contribution in [2.24, 2.45) is 0 Å². The first-order chi connectivity index (χ1) is 31.0. The van der Waals surface area contributed by atoms with Gasteiger partial charge in [0.2, 0.25) is 5.91 Å². The highest BCUT2D eigenvalue weighted by Crippen LogP contribution is 2.17. The van der Waals surface area contributed by atoms with E-state index >= 15 is 0 Å². The standard InChI is InChI=1S/C57H111NO5/c1-3-5-7-9-11-13-15-16-28-31-35-39-43-47-51-57(62)63-52-48-44-40-36-32-29-26-24-22-20-18-17-19-21-23-25-27-30-34-38-42-46-50-56(61)58-54(53-59)55(60)49-45-41-37-33-14-12-10-8-6-4-2/h45,49,54-55,59-60H,3-44,46-48,50-53H2,1-2H3,(H,58,61)/b49-45+. The van der Waals surface area contributed by atoms with E-state index in [1.807, 2.05) is 6.08 Å². The van der Waals surface area contributed by atoms with Crippen molar-refractivity contribution in [3.05, 3.63) is 12.2 Å². The number of amides is 1. The Kier molecular flexibility index (Phi) is 52.0. The van der Waals surface area contributed by atoms with Crippen LogP contribution < -0.4 is 5.32 Å². The van der Waals surface area contributed by atoms with Crippen LogP contribution in [0.2, 0.25) is 0 Å². The molecule has 0 saturated heterocycles. The predicted octanol–water partition coefficient (Wildman–Crippen LogP) is 17.3. The van der Waals surface area contributed by atoms with Gasteiger partial charge in [0.05, 0.1) is 25.4 Å². The fourth-order valence-electron chi connectivity index (χ4n) is 8.93. The molecule has 3 N–H and O–H groups in total. The van der Waals surface area contributed by atoms with Crippen LogP contribution in [0.5, 0.6) is 0 Å². The zero-order valence-electron chi connectivity index (χ0n) is 42.6. The number of ether oxygens (including phenoxy) is 1. The third kappa shape index (κ3) is 49.9. The molecule has 0 aromatic heterocycles. The molecule has 2 unspecified atom stereocenters. The van der Waals surface area contributed by atoms with Crippen molar-refractivity contribution in [3.63, 3.8) is 0 Å². The molecule has 2 atom stereocenters. The number of unbranched alkanes of at least 4 members (excludes halogenated alkanes) is 42. The lowest BCUT2D eigenvalue weighted by molar-refractivity contribution is -0.143. The van der Waals surface area contributed by atoms with Crippen molar-refractivity contribution in [3.8, 4) is 0 Å². The number of hydrogen-bond acceptors (Lipinski definition) is 5. The lowest BCUT2D eigenvalue weighted by Crippen LogP contribution is -2.45. The van der Waals surface area contributed by atoms with Crippen molar-refractivity contribution in [2.45, 2.75) is 328 Å². The summed E-state index contributed by atoms with van der Waals surface area (Å²) >= 11 is 0. The molecule has 6 heteroatoms. The van der Waals surface area contributed by atoms with Crippen LogP contribution in [0.4, 0.5) is 0 Å². The SMILES string of the molecule is CCCCCCCCCC/C=C/C(O)C(CO)NC(=O)CCCCCCCCCCCCCCCCCCCCCCCCOC(=O)CCCCCCCCCCCCCCCC. The van der Waals surface area contributed by atoms with Gasteiger partial charge in [0.15, 0.2) is 0 Å². The summed E-state index contributed by atoms with van der Waals surface area (Å²) in [6.45, 7) is 4.90. The summed E-state index contributed by atoms with van der Waals surface area (Å²) < 4.78 is 5.48. The molecule has 0 aromatic rings. The fraction of sp³-hybridized carbons (Fsp3) is 0.930. The minimum Gasteiger partial charge on any atom is -0.466 e. The zero-order chi connectivity index (χ0) is 45.8. The van der Waals surface area contributed by atoms with Gasteiger partial charge in [-0.3, -0.25) is 9.59 Å². The van der Waals surface area contributed by atoms with E-state index in [0.29, 0.717) is 19.4 Å². The lowest BCUT2D eigenvalue weighted by Gasteiger charge is -2.20. The van der Waals surface area contributed by atoms with Gasteiger partial charge in [0.1, 0.15) is 0 Å². The number of aliphatic hydroxyl groups is 2. The van der Waals surface area contributed by atoms with Crippen LogP contribution in [0.3, 0.4) is 0 Å². The van der Waals surface area contributed by atoms with Gasteiger partial charge in [0, 0.05) is 12.8 Å². The first kappa shape index (κ1) is 61.6. The topological polar surface area (TPSA) is 95.9 Å². The molecule has 0 heterocycles. The lowest BCUT2D eigenvalue weighted by atomic mass is 10.0. The van der Waals surface area contributed by atoms with Crippen LogP contribution in [0.25, 0.3) is 0 Å². The molecule has 0 aliphatic rings. The fourth-order valence-corrected chi connectivity index (χ4v) is 8.93. The number of nitrogens with one attached hydrogen (secondary N) is 1. The Bertz CT molecular complexity index is 939. The maximum Gasteiger partial charge on any atom is 0.305 e. The van der Waals surface area contributed by atoms with Gasteiger partial charge in [-0.1, -0.05) is 283 Å². The second-order valence-electron chi connectivity index (χ2n) is 19.6. The van der Waals surface area contributed by atoms with Crippen LogP contribution in [-0.4, -0.2) is 47.4 Å². The van der Waals surface area contributed by atoms with Crippen molar-refractivity contribution in [1.29, 1.82) is 0 Å². The first-order valence-corrected chi connectivity index (χ1v) is 28.5. The average molecular weight is 891 g/mol. The van der Waals surface area contributed by atoms with Crippen LogP contribution in [0.15, 0.2) is 12.2 Å². The maximum absolute atomic E-state index is 12.4. The highest BCUT2D eigenvalue weighted by Gasteiger charge is 2.18.